The van der Waals surface area contributed by atoms with Crippen LogP contribution < -0.4 is 10.2 Å². The van der Waals surface area contributed by atoms with Gasteiger partial charge in [0.1, 0.15) is 6.33 Å². The van der Waals surface area contributed by atoms with Gasteiger partial charge in [-0.05, 0) is 11.6 Å². The summed E-state index contributed by atoms with van der Waals surface area (Å²) in [6.07, 6.45) is 4.53. The molecule has 1 aromatic carbocycles. The van der Waals surface area contributed by atoms with Crippen LogP contribution >= 0.6 is 0 Å². The highest BCUT2D eigenvalue weighted by atomic mass is 16.2. The Morgan fingerprint density at radius 1 is 1.21 bits per heavy atom. The maximum atomic E-state index is 12.5. The number of para-hydroxylation sites is 1. The summed E-state index contributed by atoms with van der Waals surface area (Å²) in [6.45, 7) is 2.20. The lowest BCUT2D eigenvalue weighted by molar-refractivity contribution is 0.0987. The van der Waals surface area contributed by atoms with Crippen molar-refractivity contribution in [3.8, 4) is 0 Å². The van der Waals surface area contributed by atoms with Crippen LogP contribution in [-0.4, -0.2) is 29.0 Å². The Morgan fingerprint density at radius 3 is 2.84 bits per heavy atom. The summed E-state index contributed by atoms with van der Waals surface area (Å²) in [6, 6.07) is 7.95. The van der Waals surface area contributed by atoms with Crippen LogP contribution in [0, 0.1) is 0 Å². The van der Waals surface area contributed by atoms with Gasteiger partial charge in [-0.15, -0.1) is 0 Å². The molecule has 5 heteroatoms. The summed E-state index contributed by atoms with van der Waals surface area (Å²) < 4.78 is 0. The molecule has 19 heavy (non-hydrogen) atoms. The lowest BCUT2D eigenvalue weighted by Gasteiger charge is -2.22. The molecule has 1 aromatic heterocycles. The lowest BCUT2D eigenvalue weighted by atomic mass is 10.1. The second kappa shape index (κ2) is 5.16. The van der Waals surface area contributed by atoms with Crippen molar-refractivity contribution < 1.29 is 4.79 Å². The molecule has 1 amide bonds. The van der Waals surface area contributed by atoms with Gasteiger partial charge in [0, 0.05) is 37.7 Å². The van der Waals surface area contributed by atoms with Crippen LogP contribution in [0.3, 0.4) is 0 Å². The molecule has 0 radical (unpaired) electrons. The highest BCUT2D eigenvalue weighted by molar-refractivity contribution is 6.06. The van der Waals surface area contributed by atoms with Crippen molar-refractivity contribution in [2.75, 3.05) is 18.0 Å². The molecule has 1 aliphatic rings. The van der Waals surface area contributed by atoms with E-state index < -0.39 is 0 Å². The van der Waals surface area contributed by atoms with Crippen molar-refractivity contribution in [2.24, 2.45) is 0 Å². The molecule has 1 N–H and O–H groups in total. The van der Waals surface area contributed by atoms with Gasteiger partial charge >= 0.3 is 0 Å². The van der Waals surface area contributed by atoms with E-state index in [1.54, 1.807) is 17.3 Å². The molecule has 0 spiro atoms. The number of carbonyl (C=O) groups is 1. The van der Waals surface area contributed by atoms with E-state index in [1.165, 1.54) is 6.33 Å². The quantitative estimate of drug-likeness (QED) is 0.831. The highest BCUT2D eigenvalue weighted by Crippen LogP contribution is 2.23. The number of nitrogens with zero attached hydrogens (tertiary/aromatic N) is 3. The fourth-order valence-electron chi connectivity index (χ4n) is 2.23. The summed E-state index contributed by atoms with van der Waals surface area (Å²) in [5.41, 5.74) is 2.60. The van der Waals surface area contributed by atoms with E-state index in [9.17, 15) is 4.79 Å². The smallest absolute Gasteiger partial charge is 0.261 e. The van der Waals surface area contributed by atoms with Gasteiger partial charge in [-0.25, -0.2) is 9.97 Å². The summed E-state index contributed by atoms with van der Waals surface area (Å²) in [5, 5.41) is 3.31. The van der Waals surface area contributed by atoms with Crippen LogP contribution in [0.1, 0.15) is 15.9 Å². The fourth-order valence-corrected chi connectivity index (χ4v) is 2.23. The molecule has 0 bridgehead atoms. The number of hydrogen-bond acceptors (Lipinski definition) is 4. The van der Waals surface area contributed by atoms with Crippen molar-refractivity contribution in [1.29, 1.82) is 0 Å². The first-order valence-electron chi connectivity index (χ1n) is 6.22. The molecular formula is C14H14N4O. The van der Waals surface area contributed by atoms with Crippen LogP contribution in [0.5, 0.6) is 0 Å². The van der Waals surface area contributed by atoms with E-state index in [4.69, 9.17) is 0 Å². The first-order valence-corrected chi connectivity index (χ1v) is 6.22. The number of rotatable bonds is 1. The summed E-state index contributed by atoms with van der Waals surface area (Å²) >= 11 is 0. The van der Waals surface area contributed by atoms with Gasteiger partial charge in [-0.3, -0.25) is 4.79 Å². The minimum atomic E-state index is -0.0586. The predicted molar refractivity (Wildman–Crippen MR) is 71.9 cm³/mol. The van der Waals surface area contributed by atoms with Gasteiger partial charge in [0.15, 0.2) is 0 Å². The van der Waals surface area contributed by atoms with Crippen LogP contribution in [-0.2, 0) is 6.54 Å². The molecule has 0 atom stereocenters. The van der Waals surface area contributed by atoms with Gasteiger partial charge < -0.3 is 10.2 Å². The van der Waals surface area contributed by atoms with E-state index in [-0.39, 0.29) is 5.91 Å². The second-order valence-electron chi connectivity index (χ2n) is 4.39. The Morgan fingerprint density at radius 2 is 2.00 bits per heavy atom. The van der Waals surface area contributed by atoms with Crippen LogP contribution in [0.15, 0.2) is 43.0 Å². The average Bonchev–Trinajstić information content (AvgIpc) is 2.70. The number of carbonyl (C=O) groups excluding carboxylic acids is 1. The van der Waals surface area contributed by atoms with Gasteiger partial charge in [0.05, 0.1) is 5.56 Å². The number of hydrogen-bond donors (Lipinski definition) is 1. The van der Waals surface area contributed by atoms with E-state index in [0.717, 1.165) is 24.3 Å². The number of aromatic nitrogens is 2. The van der Waals surface area contributed by atoms with Gasteiger partial charge in [-0.1, -0.05) is 18.2 Å². The summed E-state index contributed by atoms with van der Waals surface area (Å²) in [7, 11) is 0. The van der Waals surface area contributed by atoms with Crippen molar-refractivity contribution in [1.82, 2.24) is 15.3 Å². The van der Waals surface area contributed by atoms with Crippen molar-refractivity contribution >= 4 is 11.6 Å². The molecule has 0 unspecified atom stereocenters. The normalized spacial score (nSPS) is 14.6. The number of benzene rings is 1. The topological polar surface area (TPSA) is 58.1 Å². The zero-order valence-corrected chi connectivity index (χ0v) is 10.4. The molecule has 2 heterocycles. The van der Waals surface area contributed by atoms with E-state index in [1.807, 2.05) is 24.3 Å². The number of anilines is 1. The third-order valence-corrected chi connectivity index (χ3v) is 3.16. The molecule has 96 valence electrons. The Hall–Kier alpha value is -2.27. The lowest BCUT2D eigenvalue weighted by Crippen LogP contribution is -2.34. The first-order chi connectivity index (χ1) is 9.36. The van der Waals surface area contributed by atoms with E-state index in [0.29, 0.717) is 12.1 Å². The molecule has 3 rings (SSSR count). The van der Waals surface area contributed by atoms with E-state index >= 15 is 0 Å². The second-order valence-corrected chi connectivity index (χ2v) is 4.39. The Kier molecular flexibility index (Phi) is 3.20. The standard InChI is InChI=1S/C14H14N4O/c19-14(12-8-16-10-17-9-12)18-6-5-15-7-11-3-1-2-4-13(11)18/h1-4,8-10,15H,5-7H2. The minimum Gasteiger partial charge on any atom is -0.311 e. The molecular weight excluding hydrogens is 240 g/mol. The Bertz CT molecular complexity index is 585. The van der Waals surface area contributed by atoms with Crippen molar-refractivity contribution in [3.05, 3.63) is 54.1 Å². The zero-order chi connectivity index (χ0) is 13.1. The van der Waals surface area contributed by atoms with Gasteiger partial charge in [-0.2, -0.15) is 0 Å². The fraction of sp³-hybridized carbons (Fsp3) is 0.214. The Labute approximate surface area is 111 Å². The van der Waals surface area contributed by atoms with Crippen LogP contribution in [0.25, 0.3) is 0 Å². The van der Waals surface area contributed by atoms with E-state index in [2.05, 4.69) is 15.3 Å². The maximum absolute atomic E-state index is 12.5. The summed E-state index contributed by atoms with van der Waals surface area (Å²) in [5.74, 6) is -0.0586. The molecule has 2 aromatic rings. The zero-order valence-electron chi connectivity index (χ0n) is 10.4. The molecule has 5 nitrogen and oxygen atoms in total. The third kappa shape index (κ3) is 2.32. The average molecular weight is 254 g/mol. The number of nitrogens with one attached hydrogen (secondary N) is 1. The monoisotopic (exact) mass is 254 g/mol. The number of fused-ring (bicyclic) bond motifs is 1. The van der Waals surface area contributed by atoms with Gasteiger partial charge in [0.25, 0.3) is 5.91 Å². The summed E-state index contributed by atoms with van der Waals surface area (Å²) in [4.78, 5) is 22.1. The molecule has 0 fully saturated rings. The van der Waals surface area contributed by atoms with Crippen LogP contribution in [0.2, 0.25) is 0 Å². The number of amides is 1. The molecule has 0 aliphatic carbocycles. The van der Waals surface area contributed by atoms with Crippen molar-refractivity contribution in [3.63, 3.8) is 0 Å². The maximum Gasteiger partial charge on any atom is 0.261 e. The largest absolute Gasteiger partial charge is 0.311 e. The highest BCUT2D eigenvalue weighted by Gasteiger charge is 2.22. The molecule has 0 saturated heterocycles. The Balaban J connectivity index is 1.99. The molecule has 1 aliphatic heterocycles. The van der Waals surface area contributed by atoms with Crippen molar-refractivity contribution in [2.45, 2.75) is 6.54 Å². The van der Waals surface area contributed by atoms with Crippen LogP contribution in [0.4, 0.5) is 5.69 Å². The first kappa shape index (κ1) is 11.8. The predicted octanol–water partition coefficient (Wildman–Crippen LogP) is 1.23. The SMILES string of the molecule is O=C(c1cncnc1)N1CCNCc2ccccc21. The molecule has 0 saturated carbocycles. The minimum absolute atomic E-state index is 0.0586. The van der Waals surface area contributed by atoms with Gasteiger partial charge in [0.2, 0.25) is 0 Å². The third-order valence-electron chi connectivity index (χ3n) is 3.16.